The zero-order valence-electron chi connectivity index (χ0n) is 10.3. The van der Waals surface area contributed by atoms with Crippen LogP contribution in [0.5, 0.6) is 0 Å². The summed E-state index contributed by atoms with van der Waals surface area (Å²) in [5, 5.41) is 1.85. The molecule has 2 N–H and O–H groups in total. The van der Waals surface area contributed by atoms with Crippen LogP contribution in [0.2, 0.25) is 5.02 Å². The second kappa shape index (κ2) is 4.87. The lowest BCUT2D eigenvalue weighted by Gasteiger charge is -2.32. The molecule has 1 saturated carbocycles. The summed E-state index contributed by atoms with van der Waals surface area (Å²) in [6, 6.07) is 10.0. The fourth-order valence-corrected chi connectivity index (χ4v) is 2.90. The van der Waals surface area contributed by atoms with Crippen LogP contribution in [0.15, 0.2) is 30.3 Å². The number of nitrogens with zero attached hydrogens (tertiary/aromatic N) is 1. The highest BCUT2D eigenvalue weighted by molar-refractivity contribution is 6.31. The highest BCUT2D eigenvalue weighted by Gasteiger charge is 2.28. The van der Waals surface area contributed by atoms with Gasteiger partial charge in [-0.3, -0.25) is 4.98 Å². The molecule has 0 saturated heterocycles. The number of rotatable bonds is 3. The molecule has 94 valence electrons. The molecule has 1 aromatic carbocycles. The van der Waals surface area contributed by atoms with E-state index in [1.165, 1.54) is 19.3 Å². The van der Waals surface area contributed by atoms with Crippen LogP contribution < -0.4 is 5.73 Å². The van der Waals surface area contributed by atoms with Crippen molar-refractivity contribution in [1.82, 2.24) is 4.98 Å². The Hall–Kier alpha value is -1.12. The SMILES string of the molecule is NCC(c1ccc2cc(Cl)ccc2n1)C1CCC1. The van der Waals surface area contributed by atoms with E-state index in [-0.39, 0.29) is 0 Å². The van der Waals surface area contributed by atoms with Crippen LogP contribution in [0.1, 0.15) is 30.9 Å². The molecule has 0 aliphatic heterocycles. The van der Waals surface area contributed by atoms with Gasteiger partial charge in [-0.2, -0.15) is 0 Å². The largest absolute Gasteiger partial charge is 0.330 e. The highest BCUT2D eigenvalue weighted by Crippen LogP contribution is 2.38. The predicted molar refractivity (Wildman–Crippen MR) is 75.9 cm³/mol. The van der Waals surface area contributed by atoms with Gasteiger partial charge in [0.1, 0.15) is 0 Å². The molecule has 1 aliphatic carbocycles. The van der Waals surface area contributed by atoms with Crippen LogP contribution in [0.3, 0.4) is 0 Å². The maximum Gasteiger partial charge on any atom is 0.0706 e. The highest BCUT2D eigenvalue weighted by atomic mass is 35.5. The molecule has 3 rings (SSSR count). The number of hydrogen-bond acceptors (Lipinski definition) is 2. The lowest BCUT2D eigenvalue weighted by atomic mass is 9.74. The number of halogens is 1. The topological polar surface area (TPSA) is 38.9 Å². The Kier molecular flexibility index (Phi) is 3.23. The number of fused-ring (bicyclic) bond motifs is 1. The maximum absolute atomic E-state index is 5.98. The second-order valence-corrected chi connectivity index (χ2v) is 5.54. The quantitative estimate of drug-likeness (QED) is 0.913. The van der Waals surface area contributed by atoms with Gasteiger partial charge in [0, 0.05) is 28.6 Å². The van der Waals surface area contributed by atoms with Gasteiger partial charge in [0.25, 0.3) is 0 Å². The van der Waals surface area contributed by atoms with E-state index >= 15 is 0 Å². The fraction of sp³-hybridized carbons (Fsp3) is 0.400. The zero-order valence-corrected chi connectivity index (χ0v) is 11.0. The third-order valence-corrected chi connectivity index (χ3v) is 4.26. The first-order valence-corrected chi connectivity index (χ1v) is 6.92. The van der Waals surface area contributed by atoms with Crippen LogP contribution in [-0.2, 0) is 0 Å². The predicted octanol–water partition coefficient (Wildman–Crippen LogP) is 3.73. The van der Waals surface area contributed by atoms with Crippen molar-refractivity contribution in [3.05, 3.63) is 41.0 Å². The average molecular weight is 261 g/mol. The molecular weight excluding hydrogens is 244 g/mol. The van der Waals surface area contributed by atoms with Crippen LogP contribution in [0.25, 0.3) is 10.9 Å². The Morgan fingerprint density at radius 2 is 2.11 bits per heavy atom. The van der Waals surface area contributed by atoms with E-state index in [2.05, 4.69) is 12.1 Å². The third-order valence-electron chi connectivity index (χ3n) is 4.03. The number of hydrogen-bond donors (Lipinski definition) is 1. The Morgan fingerprint density at radius 1 is 1.28 bits per heavy atom. The molecule has 1 aromatic heterocycles. The molecule has 0 amide bonds. The summed E-state index contributed by atoms with van der Waals surface area (Å²) < 4.78 is 0. The van der Waals surface area contributed by atoms with Gasteiger partial charge in [-0.1, -0.05) is 24.1 Å². The molecule has 0 radical (unpaired) electrons. The molecule has 0 bridgehead atoms. The molecule has 1 heterocycles. The molecule has 2 aromatic rings. The molecule has 0 spiro atoms. The van der Waals surface area contributed by atoms with Crippen LogP contribution in [0.4, 0.5) is 0 Å². The Balaban J connectivity index is 1.98. The van der Waals surface area contributed by atoms with Crippen molar-refractivity contribution < 1.29 is 0 Å². The van der Waals surface area contributed by atoms with E-state index in [9.17, 15) is 0 Å². The second-order valence-electron chi connectivity index (χ2n) is 5.11. The number of nitrogens with two attached hydrogens (primary N) is 1. The van der Waals surface area contributed by atoms with Crippen molar-refractivity contribution in [3.63, 3.8) is 0 Å². The zero-order chi connectivity index (χ0) is 12.5. The van der Waals surface area contributed by atoms with Gasteiger partial charge in [0.05, 0.1) is 5.52 Å². The van der Waals surface area contributed by atoms with Crippen LogP contribution in [0, 0.1) is 5.92 Å². The Bertz CT molecular complexity index is 563. The first kappa shape index (κ1) is 11.9. The maximum atomic E-state index is 5.98. The summed E-state index contributed by atoms with van der Waals surface area (Å²) >= 11 is 5.98. The molecule has 18 heavy (non-hydrogen) atoms. The van der Waals surface area contributed by atoms with E-state index in [0.717, 1.165) is 27.5 Å². The van der Waals surface area contributed by atoms with Crippen molar-refractivity contribution in [1.29, 1.82) is 0 Å². The summed E-state index contributed by atoms with van der Waals surface area (Å²) in [5.41, 5.74) is 8.07. The molecular formula is C15H17ClN2. The summed E-state index contributed by atoms with van der Waals surface area (Å²) in [6.45, 7) is 0.691. The molecule has 2 nitrogen and oxygen atoms in total. The Labute approximate surface area is 112 Å². The van der Waals surface area contributed by atoms with Crippen LogP contribution in [-0.4, -0.2) is 11.5 Å². The lowest BCUT2D eigenvalue weighted by molar-refractivity contribution is 0.261. The molecule has 1 aliphatic rings. The smallest absolute Gasteiger partial charge is 0.0706 e. The minimum Gasteiger partial charge on any atom is -0.330 e. The van der Waals surface area contributed by atoms with Gasteiger partial charge >= 0.3 is 0 Å². The standard InChI is InChI=1S/C15H17ClN2/c16-12-5-7-14-11(8-12)4-6-15(18-14)13(9-17)10-2-1-3-10/h4-8,10,13H,1-3,9,17H2. The fourth-order valence-electron chi connectivity index (χ4n) is 2.72. The van der Waals surface area contributed by atoms with Gasteiger partial charge in [-0.05, 0) is 43.0 Å². The van der Waals surface area contributed by atoms with Crippen molar-refractivity contribution in [3.8, 4) is 0 Å². The van der Waals surface area contributed by atoms with Crippen molar-refractivity contribution >= 4 is 22.5 Å². The summed E-state index contributed by atoms with van der Waals surface area (Å²) in [5.74, 6) is 1.14. The third kappa shape index (κ3) is 2.11. The van der Waals surface area contributed by atoms with E-state index in [1.807, 2.05) is 18.2 Å². The van der Waals surface area contributed by atoms with E-state index in [0.29, 0.717) is 12.5 Å². The van der Waals surface area contributed by atoms with E-state index in [4.69, 9.17) is 22.3 Å². The number of benzene rings is 1. The first-order valence-electron chi connectivity index (χ1n) is 6.54. The molecule has 3 heteroatoms. The number of pyridine rings is 1. The minimum absolute atomic E-state index is 0.416. The molecule has 1 fully saturated rings. The minimum atomic E-state index is 0.416. The Morgan fingerprint density at radius 3 is 2.78 bits per heavy atom. The van der Waals surface area contributed by atoms with Crippen molar-refractivity contribution in [2.45, 2.75) is 25.2 Å². The van der Waals surface area contributed by atoms with Crippen LogP contribution >= 0.6 is 11.6 Å². The molecule has 1 unspecified atom stereocenters. The monoisotopic (exact) mass is 260 g/mol. The summed E-state index contributed by atoms with van der Waals surface area (Å²) in [4.78, 5) is 4.75. The molecule has 1 atom stereocenters. The van der Waals surface area contributed by atoms with Crippen molar-refractivity contribution in [2.24, 2.45) is 11.7 Å². The lowest BCUT2D eigenvalue weighted by Crippen LogP contribution is -2.27. The first-order chi connectivity index (χ1) is 8.78. The van der Waals surface area contributed by atoms with Gasteiger partial charge < -0.3 is 5.73 Å². The summed E-state index contributed by atoms with van der Waals surface area (Å²) in [6.07, 6.45) is 3.93. The average Bonchev–Trinajstić information content (AvgIpc) is 2.33. The van der Waals surface area contributed by atoms with E-state index in [1.54, 1.807) is 0 Å². The van der Waals surface area contributed by atoms with Gasteiger partial charge in [0.2, 0.25) is 0 Å². The van der Waals surface area contributed by atoms with Gasteiger partial charge in [-0.15, -0.1) is 0 Å². The van der Waals surface area contributed by atoms with E-state index < -0.39 is 0 Å². The normalized spacial score (nSPS) is 17.7. The summed E-state index contributed by atoms with van der Waals surface area (Å²) in [7, 11) is 0. The number of aromatic nitrogens is 1. The van der Waals surface area contributed by atoms with Crippen molar-refractivity contribution in [2.75, 3.05) is 6.54 Å². The van der Waals surface area contributed by atoms with Gasteiger partial charge in [-0.25, -0.2) is 0 Å². The van der Waals surface area contributed by atoms with Gasteiger partial charge in [0.15, 0.2) is 0 Å².